The van der Waals surface area contributed by atoms with Crippen LogP contribution in [-0.2, 0) is 16.0 Å². The number of thiazole rings is 1. The van der Waals surface area contributed by atoms with Gasteiger partial charge in [-0.1, -0.05) is 34.6 Å². The van der Waals surface area contributed by atoms with E-state index in [1.165, 1.54) is 11.3 Å². The zero-order chi connectivity index (χ0) is 24.8. The second-order valence-electron chi connectivity index (χ2n) is 12.1. The maximum absolute atomic E-state index is 12.9. The van der Waals surface area contributed by atoms with Crippen LogP contribution in [0.15, 0.2) is 0 Å². The fourth-order valence-corrected chi connectivity index (χ4v) is 7.00. The minimum absolute atomic E-state index is 0.00155. The van der Waals surface area contributed by atoms with Crippen molar-refractivity contribution in [3.8, 4) is 0 Å². The molecule has 0 saturated heterocycles. The maximum Gasteiger partial charge on any atom is 0.226 e. The summed E-state index contributed by atoms with van der Waals surface area (Å²) in [6.45, 7) is 14.0. The number of anilines is 1. The lowest BCUT2D eigenvalue weighted by Crippen LogP contribution is -2.57. The van der Waals surface area contributed by atoms with Crippen LogP contribution in [0.2, 0.25) is 0 Å². The summed E-state index contributed by atoms with van der Waals surface area (Å²) >= 11 is 1.46. The number of aromatic nitrogens is 1. The summed E-state index contributed by atoms with van der Waals surface area (Å²) in [5.41, 5.74) is -0.184. The first kappa shape index (κ1) is 26.1. The fraction of sp³-hybridized carbons (Fsp3) is 0.800. The van der Waals surface area contributed by atoms with Gasteiger partial charge in [-0.3, -0.25) is 9.59 Å². The van der Waals surface area contributed by atoms with Crippen LogP contribution in [-0.4, -0.2) is 45.8 Å². The number of aliphatic hydroxyl groups is 2. The molecule has 1 aromatic rings. The highest BCUT2D eigenvalue weighted by molar-refractivity contribution is 7.15. The molecule has 4 N–H and O–H groups in total. The third kappa shape index (κ3) is 5.28. The summed E-state index contributed by atoms with van der Waals surface area (Å²) in [5.74, 6) is -0.234. The van der Waals surface area contributed by atoms with E-state index in [-0.39, 0.29) is 47.1 Å². The Bertz CT molecular complexity index is 893. The van der Waals surface area contributed by atoms with E-state index in [1.807, 2.05) is 41.5 Å². The zero-order valence-electron chi connectivity index (χ0n) is 21.1. The number of nitrogens with zero attached hydrogens (tertiary/aromatic N) is 1. The van der Waals surface area contributed by atoms with Gasteiger partial charge >= 0.3 is 0 Å². The van der Waals surface area contributed by atoms with Gasteiger partial charge < -0.3 is 20.8 Å². The molecule has 3 rings (SSSR count). The molecule has 2 amide bonds. The normalized spacial score (nSPS) is 31.6. The summed E-state index contributed by atoms with van der Waals surface area (Å²) in [5, 5.41) is 27.7. The van der Waals surface area contributed by atoms with E-state index in [9.17, 15) is 19.8 Å². The Morgan fingerprint density at radius 1 is 1.24 bits per heavy atom. The van der Waals surface area contributed by atoms with E-state index < -0.39 is 11.5 Å². The lowest BCUT2D eigenvalue weighted by Gasteiger charge is -2.58. The maximum atomic E-state index is 12.9. The van der Waals surface area contributed by atoms with Crippen molar-refractivity contribution >= 4 is 28.3 Å². The summed E-state index contributed by atoms with van der Waals surface area (Å²) in [6, 6.07) is 0.0442. The Kier molecular flexibility index (Phi) is 7.33. The highest BCUT2D eigenvalue weighted by atomic mass is 32.1. The van der Waals surface area contributed by atoms with Gasteiger partial charge in [-0.05, 0) is 49.9 Å². The number of rotatable bonds is 6. The molecule has 33 heavy (non-hydrogen) atoms. The van der Waals surface area contributed by atoms with Gasteiger partial charge in [-0.15, -0.1) is 11.3 Å². The topological polar surface area (TPSA) is 112 Å². The molecule has 0 aliphatic heterocycles. The van der Waals surface area contributed by atoms with E-state index in [2.05, 4.69) is 17.6 Å². The molecular weight excluding hydrogens is 438 g/mol. The van der Waals surface area contributed by atoms with E-state index in [1.54, 1.807) is 0 Å². The highest BCUT2D eigenvalue weighted by Crippen LogP contribution is 2.62. The molecule has 0 unspecified atom stereocenters. The van der Waals surface area contributed by atoms with Gasteiger partial charge in [0.05, 0.1) is 18.4 Å². The van der Waals surface area contributed by atoms with Crippen LogP contribution in [0.4, 0.5) is 5.13 Å². The molecule has 1 fully saturated rings. The quantitative estimate of drug-likeness (QED) is 0.495. The predicted octanol–water partition coefficient (Wildman–Crippen LogP) is 3.85. The molecule has 1 saturated carbocycles. The van der Waals surface area contributed by atoms with Crippen LogP contribution in [0.25, 0.3) is 0 Å². The molecule has 2 aliphatic carbocycles. The fourth-order valence-electron chi connectivity index (χ4n) is 5.91. The van der Waals surface area contributed by atoms with Crippen LogP contribution >= 0.6 is 11.3 Å². The lowest BCUT2D eigenvalue weighted by molar-refractivity contribution is -0.144. The third-order valence-electron chi connectivity index (χ3n) is 7.67. The van der Waals surface area contributed by atoms with Crippen molar-refractivity contribution < 1.29 is 19.8 Å². The first-order valence-electron chi connectivity index (χ1n) is 12.1. The summed E-state index contributed by atoms with van der Waals surface area (Å²) in [7, 11) is 0. The van der Waals surface area contributed by atoms with Crippen molar-refractivity contribution in [2.45, 2.75) is 98.6 Å². The van der Waals surface area contributed by atoms with Gasteiger partial charge in [0.25, 0.3) is 0 Å². The number of aliphatic hydroxyl groups excluding tert-OH is 2. The zero-order valence-corrected chi connectivity index (χ0v) is 21.9. The van der Waals surface area contributed by atoms with Gasteiger partial charge in [-0.25, -0.2) is 4.98 Å². The van der Waals surface area contributed by atoms with Crippen molar-refractivity contribution in [2.24, 2.45) is 22.2 Å². The summed E-state index contributed by atoms with van der Waals surface area (Å²) in [6.07, 6.45) is 2.13. The minimum Gasteiger partial charge on any atom is -0.396 e. The Morgan fingerprint density at radius 3 is 2.48 bits per heavy atom. The van der Waals surface area contributed by atoms with Crippen LogP contribution in [0.1, 0.15) is 90.6 Å². The molecule has 1 heterocycles. The molecule has 0 bridgehead atoms. The van der Waals surface area contributed by atoms with Gasteiger partial charge in [0.2, 0.25) is 11.8 Å². The Morgan fingerprint density at radius 2 is 1.91 bits per heavy atom. The first-order valence-corrected chi connectivity index (χ1v) is 12.9. The van der Waals surface area contributed by atoms with Crippen LogP contribution in [0, 0.1) is 22.2 Å². The number of hydrogen-bond donors (Lipinski definition) is 4. The van der Waals surface area contributed by atoms with Gasteiger partial charge in [0.1, 0.15) is 0 Å². The monoisotopic (exact) mass is 479 g/mol. The molecular formula is C25H41N3O4S. The Labute approximate surface area is 201 Å². The smallest absolute Gasteiger partial charge is 0.226 e. The predicted molar refractivity (Wildman–Crippen MR) is 131 cm³/mol. The largest absolute Gasteiger partial charge is 0.396 e. The Balaban J connectivity index is 2.00. The van der Waals surface area contributed by atoms with Gasteiger partial charge in [-0.2, -0.15) is 0 Å². The number of hydrogen-bond acceptors (Lipinski definition) is 6. The van der Waals surface area contributed by atoms with Crippen molar-refractivity contribution in [2.75, 3.05) is 11.9 Å². The molecule has 7 nitrogen and oxygen atoms in total. The van der Waals surface area contributed by atoms with Crippen LogP contribution < -0.4 is 10.6 Å². The van der Waals surface area contributed by atoms with E-state index in [0.29, 0.717) is 30.8 Å². The van der Waals surface area contributed by atoms with Gasteiger partial charge in [0, 0.05) is 35.1 Å². The van der Waals surface area contributed by atoms with E-state index in [4.69, 9.17) is 4.98 Å². The first-order chi connectivity index (χ1) is 15.2. The number of amides is 2. The molecule has 8 heteroatoms. The average molecular weight is 480 g/mol. The third-order valence-corrected chi connectivity index (χ3v) is 8.68. The Hall–Kier alpha value is -1.51. The standard InChI is InChI=1S/C25H41N3O4S/c1-14(2)26-19(31)10-15-21-16(33-22(28-21)27-20(32)12-23(3,4)5)11-17-24(15,6)9-8-18(30)25(17,7)13-29/h14-15,17-18,29-30H,8-13H2,1-7H3,(H,26,31)(H,27,28,32)/t15-,17+,18+,24-,25-/m0/s1. The second-order valence-corrected chi connectivity index (χ2v) is 13.2. The van der Waals surface area contributed by atoms with Crippen molar-refractivity contribution in [1.29, 1.82) is 0 Å². The summed E-state index contributed by atoms with van der Waals surface area (Å²) in [4.78, 5) is 31.3. The molecule has 0 aromatic carbocycles. The molecule has 0 spiro atoms. The molecule has 0 radical (unpaired) electrons. The molecule has 1 aromatic heterocycles. The van der Waals surface area contributed by atoms with Crippen molar-refractivity contribution in [3.63, 3.8) is 0 Å². The van der Waals surface area contributed by atoms with E-state index >= 15 is 0 Å². The summed E-state index contributed by atoms with van der Waals surface area (Å²) < 4.78 is 0. The molecule has 2 aliphatic rings. The van der Waals surface area contributed by atoms with Crippen molar-refractivity contribution in [3.05, 3.63) is 10.6 Å². The van der Waals surface area contributed by atoms with Gasteiger partial charge in [0.15, 0.2) is 5.13 Å². The average Bonchev–Trinajstić information content (AvgIpc) is 3.06. The molecule has 5 atom stereocenters. The second kappa shape index (κ2) is 9.27. The minimum atomic E-state index is -0.656. The van der Waals surface area contributed by atoms with E-state index in [0.717, 1.165) is 17.0 Å². The lowest BCUT2D eigenvalue weighted by atomic mass is 9.47. The number of nitrogens with one attached hydrogen (secondary N) is 2. The highest BCUT2D eigenvalue weighted by Gasteiger charge is 2.59. The van der Waals surface area contributed by atoms with Crippen LogP contribution in [0.5, 0.6) is 0 Å². The van der Waals surface area contributed by atoms with Crippen molar-refractivity contribution in [1.82, 2.24) is 10.3 Å². The van der Waals surface area contributed by atoms with Crippen LogP contribution in [0.3, 0.4) is 0 Å². The molecule has 186 valence electrons. The number of carbonyl (C=O) groups excluding carboxylic acids is 2. The number of carbonyl (C=O) groups is 2. The SMILES string of the molecule is CC(C)NC(=O)C[C@H]1c2nc(NC(=O)CC(C)(C)C)sc2C[C@H]2[C@](C)(CO)[C@H](O)CC[C@]21C. The number of fused-ring (bicyclic) bond motifs is 2.